The number of amides is 2. The molecule has 0 bridgehead atoms. The summed E-state index contributed by atoms with van der Waals surface area (Å²) >= 11 is 0. The molecule has 2 aliphatic rings. The zero-order valence-corrected chi connectivity index (χ0v) is 21.3. The molecular weight excluding hydrogens is 512 g/mol. The number of benzene rings is 2. The molecule has 10 radical (unpaired) electrons. The van der Waals surface area contributed by atoms with Gasteiger partial charge in [-0.1, -0.05) is 24.3 Å². The minimum atomic E-state index is -0.431. The Morgan fingerprint density at radius 2 is 0.946 bits per heavy atom. The Labute approximate surface area is 229 Å². The number of hydrogen-bond acceptors (Lipinski definition) is 6. The van der Waals surface area contributed by atoms with Crippen LogP contribution in [0.2, 0.25) is 0 Å². The van der Waals surface area contributed by atoms with Crippen LogP contribution < -0.4 is 10.9 Å². The number of nitrogens with one attached hydrogen (secondary N) is 2. The Morgan fingerprint density at radius 3 is 1.27 bits per heavy atom. The fraction of sp³-hybridized carbons (Fsp3) is 0.0714. The van der Waals surface area contributed by atoms with Gasteiger partial charge >= 0.3 is 17.1 Å². The average molecular weight is 538 g/mol. The van der Waals surface area contributed by atoms with E-state index >= 15 is 0 Å². The van der Waals surface area contributed by atoms with Gasteiger partial charge < -0.3 is 10.2 Å². The first-order valence-electron chi connectivity index (χ1n) is 11.1. The smallest absolute Gasteiger partial charge is 0.507 e. The number of phenolic OH excluding ortho intramolecular Hbond substituents is 2. The minimum absolute atomic E-state index is 0. The summed E-state index contributed by atoms with van der Waals surface area (Å²) in [7, 11) is 0. The predicted octanol–water partition coefficient (Wildman–Crippen LogP) is 3.80. The Balaban J connectivity index is 0.000000253. The zero-order chi connectivity index (χ0) is 25.9. The number of hydrazone groups is 2. The van der Waals surface area contributed by atoms with Crippen LogP contribution in [0.15, 0.2) is 58.7 Å². The molecule has 8 nitrogen and oxygen atoms in total. The van der Waals surface area contributed by atoms with Crippen molar-refractivity contribution in [3.63, 3.8) is 0 Å². The zero-order valence-electron chi connectivity index (χ0n) is 20.2. The fourth-order valence-corrected chi connectivity index (χ4v) is 3.08. The normalized spacial score (nSPS) is 16.4. The van der Waals surface area contributed by atoms with Crippen molar-refractivity contribution in [3.8, 4) is 11.5 Å². The summed E-state index contributed by atoms with van der Waals surface area (Å²) in [4.78, 5) is 23.5. The second kappa shape index (κ2) is 15.2. The van der Waals surface area contributed by atoms with E-state index in [0.717, 1.165) is 11.8 Å². The van der Waals surface area contributed by atoms with Gasteiger partial charge in [0.1, 0.15) is 11.5 Å². The van der Waals surface area contributed by atoms with Crippen molar-refractivity contribution >= 4 is 23.2 Å². The van der Waals surface area contributed by atoms with Crippen LogP contribution in [0.4, 0.5) is 0 Å². The molecule has 0 aliphatic heterocycles. The number of nitrogens with zero attached hydrogens (tertiary/aromatic N) is 2. The van der Waals surface area contributed by atoms with Crippen molar-refractivity contribution in [2.24, 2.45) is 10.2 Å². The van der Waals surface area contributed by atoms with E-state index in [1.165, 1.54) is 24.3 Å². The molecule has 9 heteroatoms. The quantitative estimate of drug-likeness (QED) is 0.254. The van der Waals surface area contributed by atoms with Crippen molar-refractivity contribution in [1.29, 1.82) is 0 Å². The minimum Gasteiger partial charge on any atom is -0.507 e. The van der Waals surface area contributed by atoms with Gasteiger partial charge in [-0.2, -0.15) is 10.2 Å². The number of para-hydroxylation sites is 2. The van der Waals surface area contributed by atoms with Crippen LogP contribution in [0.1, 0.15) is 34.6 Å². The molecule has 2 aromatic rings. The Kier molecular flexibility index (Phi) is 12.3. The average Bonchev–Trinajstić information content (AvgIpc) is 3.61. The van der Waals surface area contributed by atoms with Crippen LogP contribution >= 0.6 is 0 Å². The van der Waals surface area contributed by atoms with Crippen LogP contribution in [-0.4, -0.2) is 33.5 Å². The summed E-state index contributed by atoms with van der Waals surface area (Å²) < 4.78 is 0. The van der Waals surface area contributed by atoms with Crippen LogP contribution in [0.25, 0.3) is 0 Å². The van der Waals surface area contributed by atoms with E-state index < -0.39 is 11.8 Å². The van der Waals surface area contributed by atoms with Gasteiger partial charge in [0.25, 0.3) is 11.8 Å². The molecule has 0 unspecified atom stereocenters. The molecule has 4 N–H and O–H groups in total. The summed E-state index contributed by atoms with van der Waals surface area (Å²) in [6.07, 6.45) is 15.2. The van der Waals surface area contributed by atoms with Gasteiger partial charge in [0.2, 0.25) is 0 Å². The number of phenols is 2. The van der Waals surface area contributed by atoms with E-state index in [1.54, 1.807) is 38.1 Å². The van der Waals surface area contributed by atoms with Crippen LogP contribution in [0.5, 0.6) is 11.5 Å². The number of aromatic hydroxyl groups is 2. The van der Waals surface area contributed by atoms with Crippen molar-refractivity contribution in [2.75, 3.05) is 0 Å². The van der Waals surface area contributed by atoms with Crippen LogP contribution in [0, 0.1) is 63.2 Å². The molecule has 0 spiro atoms. The molecule has 0 saturated heterocycles. The topological polar surface area (TPSA) is 123 Å². The summed E-state index contributed by atoms with van der Waals surface area (Å²) in [6, 6.07) is 12.7. The maximum absolute atomic E-state index is 11.8. The summed E-state index contributed by atoms with van der Waals surface area (Å²) in [5, 5.41) is 27.0. The first-order chi connectivity index (χ1) is 17.4. The Bertz CT molecular complexity index is 1020. The summed E-state index contributed by atoms with van der Waals surface area (Å²) in [6.45, 7) is 3.61. The van der Waals surface area contributed by atoms with Crippen molar-refractivity contribution in [1.82, 2.24) is 10.9 Å². The third-order valence-electron chi connectivity index (χ3n) is 5.11. The van der Waals surface area contributed by atoms with E-state index in [2.05, 4.69) is 21.1 Å². The van der Waals surface area contributed by atoms with Gasteiger partial charge in [-0.3, -0.25) is 9.59 Å². The van der Waals surface area contributed by atoms with E-state index in [9.17, 15) is 19.8 Å². The number of hydrogen-bond donors (Lipinski definition) is 4. The van der Waals surface area contributed by atoms with Gasteiger partial charge in [0, 0.05) is 23.3 Å². The third-order valence-corrected chi connectivity index (χ3v) is 5.11. The molecule has 0 atom stereocenters. The Hall–Kier alpha value is -3.16. The van der Waals surface area contributed by atoms with E-state index in [0.29, 0.717) is 11.4 Å². The van der Waals surface area contributed by atoms with E-state index in [-0.39, 0.29) is 39.7 Å². The van der Waals surface area contributed by atoms with E-state index in [4.69, 9.17) is 0 Å². The van der Waals surface area contributed by atoms with Gasteiger partial charge in [0.05, 0.1) is 11.1 Å². The molecule has 2 saturated carbocycles. The molecular formula is C28H26FeN4O4+2. The SMILES string of the molecule is C/C(=N\NC(=O)c1ccccc1O)[C]1[CH][CH][CH][CH]1.C/C(=N\NC(=O)c1ccccc1O)[C]1[CH][CH][CH][CH]1.[Fe+2]. The Morgan fingerprint density at radius 1 is 0.622 bits per heavy atom. The van der Waals surface area contributed by atoms with Gasteiger partial charge in [-0.05, 0) is 89.5 Å². The second-order valence-electron chi connectivity index (χ2n) is 7.66. The molecule has 4 rings (SSSR count). The van der Waals surface area contributed by atoms with Crippen molar-refractivity contribution in [3.05, 3.63) is 123 Å². The number of rotatable bonds is 6. The molecule has 2 aromatic carbocycles. The maximum atomic E-state index is 11.8. The predicted molar refractivity (Wildman–Crippen MR) is 138 cm³/mol. The molecule has 0 aromatic heterocycles. The first kappa shape index (κ1) is 30.1. The first-order valence-corrected chi connectivity index (χ1v) is 11.1. The van der Waals surface area contributed by atoms with Gasteiger partial charge in [-0.15, -0.1) is 0 Å². The molecule has 2 aliphatic carbocycles. The molecule has 2 fully saturated rings. The molecule has 188 valence electrons. The van der Waals surface area contributed by atoms with Gasteiger partial charge in [-0.25, -0.2) is 10.9 Å². The van der Waals surface area contributed by atoms with Crippen molar-refractivity contribution in [2.45, 2.75) is 13.8 Å². The van der Waals surface area contributed by atoms with Crippen LogP contribution in [-0.2, 0) is 17.1 Å². The summed E-state index contributed by atoms with van der Waals surface area (Å²) in [5.74, 6) is 0.922. The molecule has 0 heterocycles. The largest absolute Gasteiger partial charge is 2.00 e. The van der Waals surface area contributed by atoms with E-state index in [1.807, 2.05) is 51.4 Å². The molecule has 37 heavy (non-hydrogen) atoms. The number of carbonyl (C=O) groups is 2. The van der Waals surface area contributed by atoms with Crippen LogP contribution in [0.3, 0.4) is 0 Å². The molecule has 2 amide bonds. The van der Waals surface area contributed by atoms with Gasteiger partial charge in [0.15, 0.2) is 0 Å². The standard InChI is InChI=1S/2C14H13N2O2.Fe/c2*1-10(11-6-2-3-7-11)15-16-14(18)12-8-4-5-9-13(12)17;/h2*2-9,17H,1H3,(H,16,18);/q;;+2/b2*15-10+;. The second-order valence-corrected chi connectivity index (χ2v) is 7.66. The maximum Gasteiger partial charge on any atom is 2.00 e. The number of carbonyl (C=O) groups excluding carboxylic acids is 2. The monoisotopic (exact) mass is 538 g/mol. The third kappa shape index (κ3) is 9.02. The van der Waals surface area contributed by atoms with Crippen molar-refractivity contribution < 1.29 is 36.9 Å². The summed E-state index contributed by atoms with van der Waals surface area (Å²) in [5.41, 5.74) is 6.67. The fourth-order valence-electron chi connectivity index (χ4n) is 3.08.